The van der Waals surface area contributed by atoms with E-state index < -0.39 is 0 Å². The summed E-state index contributed by atoms with van der Waals surface area (Å²) < 4.78 is 12.2. The number of halogens is 2. The summed E-state index contributed by atoms with van der Waals surface area (Å²) in [4.78, 5) is 13.3. The fourth-order valence-corrected chi connectivity index (χ4v) is 4.39. The zero-order chi connectivity index (χ0) is 23.8. The van der Waals surface area contributed by atoms with Crippen molar-refractivity contribution in [2.24, 2.45) is 5.10 Å². The Kier molecular flexibility index (Phi) is 9.23. The van der Waals surface area contributed by atoms with Crippen molar-refractivity contribution in [1.29, 1.82) is 0 Å². The highest BCUT2D eigenvalue weighted by Gasteiger charge is 2.14. The molecule has 0 aromatic heterocycles. The number of carbonyl (C=O) groups is 1. The average molecular weight is 548 g/mol. The number of carbonyl (C=O) groups excluding carboxylic acids is 1. The van der Waals surface area contributed by atoms with Gasteiger partial charge in [0.1, 0.15) is 6.61 Å². The van der Waals surface area contributed by atoms with E-state index in [1.807, 2.05) is 56.3 Å². The van der Waals surface area contributed by atoms with Crippen LogP contribution in [-0.2, 0) is 11.4 Å². The van der Waals surface area contributed by atoms with Gasteiger partial charge in [0.2, 0.25) is 0 Å². The molecular formula is C25H24BrClN2O3S. The van der Waals surface area contributed by atoms with Crippen molar-refractivity contribution in [3.63, 3.8) is 0 Å². The van der Waals surface area contributed by atoms with Crippen LogP contribution in [0, 0.1) is 6.92 Å². The van der Waals surface area contributed by atoms with Crippen molar-refractivity contribution in [3.05, 3.63) is 86.8 Å². The molecule has 0 spiro atoms. The van der Waals surface area contributed by atoms with Crippen LogP contribution in [0.15, 0.2) is 75.1 Å². The van der Waals surface area contributed by atoms with Gasteiger partial charge in [-0.15, -0.1) is 11.8 Å². The Bertz CT molecular complexity index is 1120. The number of amides is 1. The van der Waals surface area contributed by atoms with Crippen LogP contribution < -0.4 is 14.9 Å². The van der Waals surface area contributed by atoms with Crippen molar-refractivity contribution in [2.45, 2.75) is 30.6 Å². The van der Waals surface area contributed by atoms with Gasteiger partial charge in [-0.25, -0.2) is 5.43 Å². The van der Waals surface area contributed by atoms with Crippen molar-refractivity contribution in [1.82, 2.24) is 5.43 Å². The molecule has 0 bridgehead atoms. The number of thioether (sulfide) groups is 1. The standard InChI is InChI=1S/C25H24BrClN2O3S/c1-16-4-6-18(7-5-16)15-32-24-22(26)12-19(13-23(24)31-3)14-28-29-25(30)17(2)33-21-10-8-20(27)9-11-21/h4-14,17H,15H2,1-3H3,(H,29,30)/b28-14-/t17-/m0/s1. The topological polar surface area (TPSA) is 59.9 Å². The summed E-state index contributed by atoms with van der Waals surface area (Å²) in [6.45, 7) is 4.29. The molecular weight excluding hydrogens is 524 g/mol. The maximum absolute atomic E-state index is 12.4. The third-order valence-corrected chi connectivity index (χ3v) is 6.59. The van der Waals surface area contributed by atoms with Gasteiger partial charge in [-0.1, -0.05) is 41.4 Å². The maximum atomic E-state index is 12.4. The molecule has 0 saturated heterocycles. The number of hydrogen-bond acceptors (Lipinski definition) is 5. The Morgan fingerprint density at radius 3 is 2.55 bits per heavy atom. The average Bonchev–Trinajstić information content (AvgIpc) is 2.80. The molecule has 1 atom stereocenters. The largest absolute Gasteiger partial charge is 0.493 e. The Labute approximate surface area is 211 Å². The van der Waals surface area contributed by atoms with E-state index in [2.05, 4.69) is 26.5 Å². The van der Waals surface area contributed by atoms with Gasteiger partial charge < -0.3 is 9.47 Å². The molecule has 0 heterocycles. The highest BCUT2D eigenvalue weighted by Crippen LogP contribution is 2.37. The van der Waals surface area contributed by atoms with Crippen LogP contribution >= 0.6 is 39.3 Å². The van der Waals surface area contributed by atoms with Gasteiger partial charge in [0.15, 0.2) is 11.5 Å². The van der Waals surface area contributed by atoms with E-state index >= 15 is 0 Å². The lowest BCUT2D eigenvalue weighted by atomic mass is 10.2. The molecule has 1 amide bonds. The second-order valence-corrected chi connectivity index (χ2v) is 9.96. The first-order chi connectivity index (χ1) is 15.9. The Morgan fingerprint density at radius 1 is 1.18 bits per heavy atom. The molecule has 0 radical (unpaired) electrons. The molecule has 0 aliphatic carbocycles. The summed E-state index contributed by atoms with van der Waals surface area (Å²) in [5.74, 6) is 0.971. The molecule has 1 N–H and O–H groups in total. The summed E-state index contributed by atoms with van der Waals surface area (Å²) in [6.07, 6.45) is 1.56. The first-order valence-electron chi connectivity index (χ1n) is 10.2. The molecule has 5 nitrogen and oxygen atoms in total. The van der Waals surface area contributed by atoms with Gasteiger partial charge in [0.25, 0.3) is 5.91 Å². The van der Waals surface area contributed by atoms with Crippen molar-refractivity contribution >= 4 is 51.4 Å². The minimum absolute atomic E-state index is 0.199. The molecule has 33 heavy (non-hydrogen) atoms. The molecule has 3 rings (SSSR count). The first-order valence-corrected chi connectivity index (χ1v) is 12.2. The molecule has 172 valence electrons. The number of hydrogen-bond donors (Lipinski definition) is 1. The van der Waals surface area contributed by atoms with E-state index in [9.17, 15) is 4.79 Å². The van der Waals surface area contributed by atoms with Gasteiger partial charge in [-0.2, -0.15) is 5.10 Å². The van der Waals surface area contributed by atoms with Crippen LogP contribution in [0.25, 0.3) is 0 Å². The number of rotatable bonds is 9. The second-order valence-electron chi connectivity index (χ2n) is 7.26. The minimum atomic E-state index is -0.317. The van der Waals surface area contributed by atoms with Gasteiger partial charge in [-0.3, -0.25) is 4.79 Å². The quantitative estimate of drug-likeness (QED) is 0.186. The predicted molar refractivity (Wildman–Crippen MR) is 139 cm³/mol. The number of ether oxygens (including phenoxy) is 2. The molecule has 0 fully saturated rings. The molecule has 0 aliphatic rings. The van der Waals surface area contributed by atoms with E-state index in [1.165, 1.54) is 17.3 Å². The first kappa shape index (κ1) is 25.1. The number of aryl methyl sites for hydroxylation is 1. The molecule has 0 saturated carbocycles. The number of benzene rings is 3. The number of nitrogens with zero attached hydrogens (tertiary/aromatic N) is 1. The maximum Gasteiger partial charge on any atom is 0.253 e. The second kappa shape index (κ2) is 12.1. The molecule has 3 aromatic rings. The molecule has 0 aliphatic heterocycles. The highest BCUT2D eigenvalue weighted by molar-refractivity contribution is 9.10. The van der Waals surface area contributed by atoms with E-state index in [1.54, 1.807) is 31.5 Å². The van der Waals surface area contributed by atoms with Gasteiger partial charge >= 0.3 is 0 Å². The number of hydrazone groups is 1. The summed E-state index contributed by atoms with van der Waals surface area (Å²) in [5, 5.41) is 4.43. The summed E-state index contributed by atoms with van der Waals surface area (Å²) in [6, 6.07) is 19.2. The minimum Gasteiger partial charge on any atom is -0.493 e. The van der Waals surface area contributed by atoms with Crippen molar-refractivity contribution in [2.75, 3.05) is 7.11 Å². The summed E-state index contributed by atoms with van der Waals surface area (Å²) in [5.41, 5.74) is 5.59. The lowest BCUT2D eigenvalue weighted by molar-refractivity contribution is -0.120. The van der Waals surface area contributed by atoms with Gasteiger partial charge in [-0.05, 0) is 77.3 Å². The predicted octanol–water partition coefficient (Wildman–Crippen LogP) is 6.63. The Balaban J connectivity index is 1.60. The highest BCUT2D eigenvalue weighted by atomic mass is 79.9. The monoisotopic (exact) mass is 546 g/mol. The van der Waals surface area contributed by atoms with Crippen LogP contribution in [0.3, 0.4) is 0 Å². The molecule has 8 heteroatoms. The summed E-state index contributed by atoms with van der Waals surface area (Å²) >= 11 is 10.9. The van der Waals surface area contributed by atoms with E-state index in [-0.39, 0.29) is 11.2 Å². The van der Waals surface area contributed by atoms with Crippen LogP contribution in [-0.4, -0.2) is 24.5 Å². The number of methoxy groups -OCH3 is 1. The fraction of sp³-hybridized carbons (Fsp3) is 0.200. The van der Waals surface area contributed by atoms with Crippen molar-refractivity contribution < 1.29 is 14.3 Å². The third-order valence-electron chi connectivity index (χ3n) is 4.64. The zero-order valence-corrected chi connectivity index (χ0v) is 21.6. The van der Waals surface area contributed by atoms with Gasteiger partial charge in [0, 0.05) is 9.92 Å². The van der Waals surface area contributed by atoms with E-state index in [0.717, 1.165) is 20.5 Å². The normalized spacial score (nSPS) is 11.9. The SMILES string of the molecule is COc1cc(/C=N\NC(=O)[C@H](C)Sc2ccc(Cl)cc2)cc(Br)c1OCc1ccc(C)cc1. The summed E-state index contributed by atoms with van der Waals surface area (Å²) in [7, 11) is 1.58. The van der Waals surface area contributed by atoms with Gasteiger partial charge in [0.05, 0.1) is 23.0 Å². The molecule has 3 aromatic carbocycles. The Morgan fingerprint density at radius 2 is 1.88 bits per heavy atom. The fourth-order valence-electron chi connectivity index (χ4n) is 2.83. The lowest BCUT2D eigenvalue weighted by Gasteiger charge is -2.14. The molecule has 0 unspecified atom stereocenters. The van der Waals surface area contributed by atoms with Crippen LogP contribution in [0.2, 0.25) is 5.02 Å². The van der Waals surface area contributed by atoms with E-state index in [0.29, 0.717) is 23.1 Å². The number of nitrogens with one attached hydrogen (secondary N) is 1. The van der Waals surface area contributed by atoms with Crippen molar-refractivity contribution in [3.8, 4) is 11.5 Å². The zero-order valence-electron chi connectivity index (χ0n) is 18.5. The smallest absolute Gasteiger partial charge is 0.253 e. The van der Waals surface area contributed by atoms with Crippen LogP contribution in [0.5, 0.6) is 11.5 Å². The third kappa shape index (κ3) is 7.52. The van der Waals surface area contributed by atoms with Crippen LogP contribution in [0.4, 0.5) is 0 Å². The lowest BCUT2D eigenvalue weighted by Crippen LogP contribution is -2.26. The van der Waals surface area contributed by atoms with E-state index in [4.69, 9.17) is 21.1 Å². The van der Waals surface area contributed by atoms with Crippen LogP contribution in [0.1, 0.15) is 23.6 Å². The Hall–Kier alpha value is -2.48.